The minimum absolute atomic E-state index is 0.0967. The lowest BCUT2D eigenvalue weighted by atomic mass is 9.46. The lowest BCUT2D eigenvalue weighted by Crippen LogP contribution is -2.57. The van der Waals surface area contributed by atoms with Gasteiger partial charge in [0.2, 0.25) is 0 Å². The number of benzene rings is 4. The molecule has 3 heteroatoms. The first-order valence-corrected chi connectivity index (χ1v) is 9.53. The van der Waals surface area contributed by atoms with Crippen LogP contribution in [0.2, 0.25) is 0 Å². The largest absolute Gasteiger partial charge is 0.497 e. The highest BCUT2D eigenvalue weighted by Crippen LogP contribution is 2.39. The number of rotatable bonds is 3. The van der Waals surface area contributed by atoms with Gasteiger partial charge in [0.05, 0.1) is 7.11 Å². The van der Waals surface area contributed by atoms with Gasteiger partial charge in [0.15, 0.2) is 0 Å². The van der Waals surface area contributed by atoms with Crippen molar-refractivity contribution in [2.75, 3.05) is 11.9 Å². The molecule has 1 heterocycles. The first-order valence-electron chi connectivity index (χ1n) is 9.53. The molecule has 4 aromatic carbocycles. The van der Waals surface area contributed by atoms with Crippen LogP contribution in [0.15, 0.2) is 103 Å². The van der Waals surface area contributed by atoms with Crippen LogP contribution < -0.4 is 20.5 Å². The molecule has 134 valence electrons. The fraction of sp³-hybridized carbons (Fsp3) is 0.0400. The summed E-state index contributed by atoms with van der Waals surface area (Å²) in [4.78, 5) is 2.43. The average molecular weight is 361 g/mol. The van der Waals surface area contributed by atoms with E-state index in [1.807, 2.05) is 6.07 Å². The zero-order valence-electron chi connectivity index (χ0n) is 15.7. The Morgan fingerprint density at radius 1 is 0.679 bits per heavy atom. The van der Waals surface area contributed by atoms with Crippen molar-refractivity contribution in [2.24, 2.45) is 0 Å². The molecule has 0 spiro atoms. The highest BCUT2D eigenvalue weighted by Gasteiger charge is 2.36. The van der Waals surface area contributed by atoms with Gasteiger partial charge < -0.3 is 9.55 Å². The molecule has 0 N–H and O–H groups in total. The summed E-state index contributed by atoms with van der Waals surface area (Å²) in [5.74, 6) is 0.862. The third kappa shape index (κ3) is 2.68. The summed E-state index contributed by atoms with van der Waals surface area (Å²) in [5.41, 5.74) is 7.47. The van der Waals surface area contributed by atoms with Crippen LogP contribution in [0.5, 0.6) is 5.75 Å². The molecular weight excluding hydrogens is 341 g/mol. The van der Waals surface area contributed by atoms with Crippen molar-refractivity contribution >= 4 is 29.1 Å². The van der Waals surface area contributed by atoms with Crippen LogP contribution in [0.3, 0.4) is 0 Å². The van der Waals surface area contributed by atoms with Crippen molar-refractivity contribution in [1.82, 2.24) is 0 Å². The Morgan fingerprint density at radius 3 is 2.21 bits per heavy atom. The van der Waals surface area contributed by atoms with E-state index in [2.05, 4.69) is 102 Å². The van der Waals surface area contributed by atoms with Gasteiger partial charge in [0.25, 0.3) is 0 Å². The zero-order chi connectivity index (χ0) is 18.9. The van der Waals surface area contributed by atoms with E-state index in [-0.39, 0.29) is 6.85 Å². The van der Waals surface area contributed by atoms with Gasteiger partial charge in [0, 0.05) is 23.0 Å². The summed E-state index contributed by atoms with van der Waals surface area (Å²) in [6.07, 6.45) is 0. The number of hydrogen-bond donors (Lipinski definition) is 0. The molecule has 28 heavy (non-hydrogen) atoms. The van der Waals surface area contributed by atoms with Crippen LogP contribution in [0.1, 0.15) is 0 Å². The fourth-order valence-corrected chi connectivity index (χ4v) is 4.18. The molecule has 0 radical (unpaired) electrons. The van der Waals surface area contributed by atoms with Gasteiger partial charge in [-0.15, -0.1) is 0 Å². The number of hydrogen-bond acceptors (Lipinski definition) is 2. The van der Waals surface area contributed by atoms with Crippen molar-refractivity contribution in [3.63, 3.8) is 0 Å². The maximum atomic E-state index is 5.52. The summed E-state index contributed by atoms with van der Waals surface area (Å²) < 4.78 is 5.52. The maximum absolute atomic E-state index is 5.52. The summed E-state index contributed by atoms with van der Waals surface area (Å²) >= 11 is 0. The summed E-state index contributed by atoms with van der Waals surface area (Å²) in [6.45, 7) is 0.0967. The quantitative estimate of drug-likeness (QED) is 0.494. The number of ether oxygens (including phenoxy) is 1. The van der Waals surface area contributed by atoms with E-state index in [1.54, 1.807) is 7.11 Å². The summed E-state index contributed by atoms with van der Waals surface area (Å²) in [6, 6.07) is 36.4. The Morgan fingerprint density at radius 2 is 1.39 bits per heavy atom. The number of nitrogens with zero attached hydrogens (tertiary/aromatic N) is 1. The van der Waals surface area contributed by atoms with Crippen molar-refractivity contribution in [3.8, 4) is 16.9 Å². The van der Waals surface area contributed by atoms with E-state index >= 15 is 0 Å². The van der Waals surface area contributed by atoms with Crippen LogP contribution in [-0.2, 0) is 0 Å². The van der Waals surface area contributed by atoms with E-state index in [1.165, 1.54) is 27.7 Å². The lowest BCUT2D eigenvalue weighted by Gasteiger charge is -2.39. The first-order chi connectivity index (χ1) is 13.9. The van der Waals surface area contributed by atoms with Crippen LogP contribution in [0, 0.1) is 0 Å². The van der Waals surface area contributed by atoms with Crippen molar-refractivity contribution in [2.45, 2.75) is 0 Å². The molecule has 5 rings (SSSR count). The average Bonchev–Trinajstić information content (AvgIpc) is 2.78. The van der Waals surface area contributed by atoms with Crippen LogP contribution in [0.4, 0.5) is 11.4 Å². The van der Waals surface area contributed by atoms with Gasteiger partial charge in [-0.1, -0.05) is 84.3 Å². The summed E-state index contributed by atoms with van der Waals surface area (Å²) in [5, 5.41) is 0. The highest BCUT2D eigenvalue weighted by molar-refractivity contribution is 6.90. The fourth-order valence-electron chi connectivity index (χ4n) is 4.18. The second kappa shape index (κ2) is 6.93. The van der Waals surface area contributed by atoms with E-state index in [4.69, 9.17) is 4.74 Å². The highest BCUT2D eigenvalue weighted by atomic mass is 16.5. The van der Waals surface area contributed by atoms with Crippen molar-refractivity contribution < 1.29 is 4.74 Å². The normalized spacial score (nSPS) is 12.3. The smallest absolute Gasteiger partial charge is 0.328 e. The second-order valence-electron chi connectivity index (χ2n) is 6.99. The Labute approximate surface area is 166 Å². The van der Waals surface area contributed by atoms with Crippen molar-refractivity contribution in [1.29, 1.82) is 0 Å². The predicted molar refractivity (Wildman–Crippen MR) is 118 cm³/mol. The Bertz CT molecular complexity index is 1130. The number of methoxy groups -OCH3 is 1. The molecule has 0 unspecified atom stereocenters. The first kappa shape index (κ1) is 16.7. The summed E-state index contributed by atoms with van der Waals surface area (Å²) in [7, 11) is 1.72. The zero-order valence-corrected chi connectivity index (χ0v) is 15.7. The van der Waals surface area contributed by atoms with Gasteiger partial charge >= 0.3 is 6.85 Å². The molecule has 4 aromatic rings. The van der Waals surface area contributed by atoms with E-state index in [0.29, 0.717) is 0 Å². The van der Waals surface area contributed by atoms with E-state index in [9.17, 15) is 0 Å². The molecule has 0 fully saturated rings. The Hall–Kier alpha value is -3.46. The molecule has 1 aliphatic heterocycles. The monoisotopic (exact) mass is 361 g/mol. The molecule has 0 aromatic heterocycles. The molecule has 0 aliphatic carbocycles. The van der Waals surface area contributed by atoms with Gasteiger partial charge in [-0.3, -0.25) is 0 Å². The van der Waals surface area contributed by atoms with Gasteiger partial charge in [0.1, 0.15) is 5.75 Å². The molecule has 1 aliphatic rings. The third-order valence-electron chi connectivity index (χ3n) is 5.41. The van der Waals surface area contributed by atoms with Gasteiger partial charge in [-0.2, -0.15) is 0 Å². The number of para-hydroxylation sites is 1. The van der Waals surface area contributed by atoms with Gasteiger partial charge in [-0.05, 0) is 29.2 Å². The van der Waals surface area contributed by atoms with E-state index < -0.39 is 0 Å². The second-order valence-corrected chi connectivity index (χ2v) is 6.99. The molecule has 2 nitrogen and oxygen atoms in total. The lowest BCUT2D eigenvalue weighted by molar-refractivity contribution is 0.415. The van der Waals surface area contributed by atoms with Crippen molar-refractivity contribution in [3.05, 3.63) is 103 Å². The molecule has 0 bridgehead atoms. The Kier molecular flexibility index (Phi) is 4.14. The molecule has 0 saturated heterocycles. The standard InChI is InChI=1S/C25H20BNO/c1-28-21-13-9-12-20(18-21)27-25-17-8-6-15-23(25)22-14-5-7-16-24(22)26(27)19-10-3-2-4-11-19/h2-18H,1H3. The topological polar surface area (TPSA) is 12.5 Å². The molecular formula is C25H20BNO. The maximum Gasteiger partial charge on any atom is 0.328 e. The van der Waals surface area contributed by atoms with Crippen LogP contribution >= 0.6 is 0 Å². The number of fused-ring (bicyclic) bond motifs is 3. The SMILES string of the molecule is COc1cccc(N2B(c3ccccc3)c3ccccc3-c3ccccc32)c1. The Balaban J connectivity index is 1.81. The number of anilines is 2. The van der Waals surface area contributed by atoms with E-state index in [0.717, 1.165) is 11.4 Å². The third-order valence-corrected chi connectivity index (χ3v) is 5.41. The molecule has 0 saturated carbocycles. The molecule has 0 amide bonds. The minimum Gasteiger partial charge on any atom is -0.497 e. The van der Waals surface area contributed by atoms with Gasteiger partial charge in [-0.25, -0.2) is 0 Å². The predicted octanol–water partition coefficient (Wildman–Crippen LogP) is 4.62. The minimum atomic E-state index is 0.0967. The van der Waals surface area contributed by atoms with Crippen LogP contribution in [0.25, 0.3) is 11.1 Å². The molecule has 0 atom stereocenters. The van der Waals surface area contributed by atoms with Crippen LogP contribution in [-0.4, -0.2) is 14.0 Å².